The molecule has 0 bridgehead atoms. The molecule has 0 saturated carbocycles. The highest BCUT2D eigenvalue weighted by atomic mass is 35.5. The van der Waals surface area contributed by atoms with Gasteiger partial charge in [0, 0.05) is 0 Å². The molecule has 0 aromatic carbocycles. The molecule has 0 spiro atoms. The standard InChI is InChI=1S/C8H23N5.ClH/c1-3-5-11-7(9)13-8(10)12-6-4-2;/h7-8,11-13H,3-6,9-10H2,1-2H3;1H. The topological polar surface area (TPSA) is 88.1 Å². The van der Waals surface area contributed by atoms with Gasteiger partial charge >= 0.3 is 0 Å². The van der Waals surface area contributed by atoms with Gasteiger partial charge in [0.25, 0.3) is 0 Å². The van der Waals surface area contributed by atoms with Crippen LogP contribution in [0.1, 0.15) is 26.7 Å². The summed E-state index contributed by atoms with van der Waals surface area (Å²) in [6.45, 7) is 5.98. The molecule has 2 atom stereocenters. The van der Waals surface area contributed by atoms with Gasteiger partial charge in [-0.2, -0.15) is 0 Å². The summed E-state index contributed by atoms with van der Waals surface area (Å²) in [4.78, 5) is 0. The van der Waals surface area contributed by atoms with Crippen molar-refractivity contribution in [1.29, 1.82) is 0 Å². The second-order valence-corrected chi connectivity index (χ2v) is 3.03. The zero-order chi connectivity index (χ0) is 10.1. The average molecular weight is 226 g/mol. The molecule has 88 valence electrons. The van der Waals surface area contributed by atoms with Gasteiger partial charge in [-0.3, -0.25) is 16.0 Å². The molecule has 7 N–H and O–H groups in total. The van der Waals surface area contributed by atoms with Crippen LogP contribution in [0.3, 0.4) is 0 Å². The monoisotopic (exact) mass is 225 g/mol. The number of nitrogens with one attached hydrogen (secondary N) is 3. The average Bonchev–Trinajstić information content (AvgIpc) is 2.11. The molecule has 0 amide bonds. The zero-order valence-corrected chi connectivity index (χ0v) is 9.86. The predicted molar refractivity (Wildman–Crippen MR) is 62.9 cm³/mol. The highest BCUT2D eigenvalue weighted by molar-refractivity contribution is 5.85. The minimum absolute atomic E-state index is 0. The molecule has 5 nitrogen and oxygen atoms in total. The minimum Gasteiger partial charge on any atom is -0.304 e. The Hall–Kier alpha value is 0.0900. The number of rotatable bonds is 8. The van der Waals surface area contributed by atoms with Crippen molar-refractivity contribution in [3.63, 3.8) is 0 Å². The fourth-order valence-corrected chi connectivity index (χ4v) is 0.911. The molecule has 0 radical (unpaired) electrons. The lowest BCUT2D eigenvalue weighted by molar-refractivity contribution is 0.342. The first-order valence-electron chi connectivity index (χ1n) is 4.94. The molecule has 0 rings (SSSR count). The van der Waals surface area contributed by atoms with Crippen molar-refractivity contribution >= 4 is 12.4 Å². The molecule has 0 aliphatic rings. The summed E-state index contributed by atoms with van der Waals surface area (Å²) in [5.41, 5.74) is 11.4. The Morgan fingerprint density at radius 2 is 1.29 bits per heavy atom. The molecule has 0 fully saturated rings. The Kier molecular flexibility index (Phi) is 13.2. The molecular formula is C8H24ClN5. The van der Waals surface area contributed by atoms with Crippen LogP contribution in [-0.2, 0) is 0 Å². The van der Waals surface area contributed by atoms with E-state index in [-0.39, 0.29) is 25.0 Å². The summed E-state index contributed by atoms with van der Waals surface area (Å²) in [6, 6.07) is 0. The smallest absolute Gasteiger partial charge is 0.111 e. The van der Waals surface area contributed by atoms with Crippen molar-refractivity contribution in [2.75, 3.05) is 13.1 Å². The Balaban J connectivity index is 0. The van der Waals surface area contributed by atoms with Crippen LogP contribution in [0, 0.1) is 0 Å². The Labute approximate surface area is 92.8 Å². The van der Waals surface area contributed by atoms with Gasteiger partial charge in [-0.05, 0) is 25.9 Å². The van der Waals surface area contributed by atoms with Gasteiger partial charge in [0.15, 0.2) is 0 Å². The lowest BCUT2D eigenvalue weighted by Crippen LogP contribution is -2.61. The Bertz CT molecular complexity index is 102. The van der Waals surface area contributed by atoms with Crippen LogP contribution < -0.4 is 27.4 Å². The first-order chi connectivity index (χ1) is 6.20. The van der Waals surface area contributed by atoms with Crippen LogP contribution in [0.2, 0.25) is 0 Å². The summed E-state index contributed by atoms with van der Waals surface area (Å²) in [6.07, 6.45) is 1.65. The lowest BCUT2D eigenvalue weighted by Gasteiger charge is -2.21. The fraction of sp³-hybridized carbons (Fsp3) is 1.00. The van der Waals surface area contributed by atoms with Crippen LogP contribution in [-0.4, -0.2) is 25.7 Å². The van der Waals surface area contributed by atoms with E-state index in [1.54, 1.807) is 0 Å². The molecule has 0 aliphatic carbocycles. The van der Waals surface area contributed by atoms with Gasteiger partial charge in [-0.25, -0.2) is 0 Å². The van der Waals surface area contributed by atoms with Crippen molar-refractivity contribution in [3.8, 4) is 0 Å². The van der Waals surface area contributed by atoms with E-state index in [9.17, 15) is 0 Å². The van der Waals surface area contributed by atoms with Crippen molar-refractivity contribution in [2.24, 2.45) is 11.5 Å². The normalized spacial score (nSPS) is 14.6. The maximum absolute atomic E-state index is 5.69. The Morgan fingerprint density at radius 3 is 1.57 bits per heavy atom. The van der Waals surface area contributed by atoms with Gasteiger partial charge in [0.2, 0.25) is 0 Å². The SMILES string of the molecule is CCCNC(N)NC(N)NCCC.Cl. The summed E-state index contributed by atoms with van der Waals surface area (Å²) in [7, 11) is 0. The largest absolute Gasteiger partial charge is 0.304 e. The maximum atomic E-state index is 5.69. The van der Waals surface area contributed by atoms with E-state index in [0.717, 1.165) is 25.9 Å². The van der Waals surface area contributed by atoms with E-state index >= 15 is 0 Å². The van der Waals surface area contributed by atoms with Crippen LogP contribution in [0.15, 0.2) is 0 Å². The van der Waals surface area contributed by atoms with E-state index < -0.39 is 0 Å². The van der Waals surface area contributed by atoms with Crippen molar-refractivity contribution in [2.45, 2.75) is 39.3 Å². The molecule has 0 aromatic heterocycles. The first kappa shape index (κ1) is 16.5. The third-order valence-corrected chi connectivity index (χ3v) is 1.59. The highest BCUT2D eigenvalue weighted by Crippen LogP contribution is 1.74. The van der Waals surface area contributed by atoms with E-state index in [4.69, 9.17) is 11.5 Å². The van der Waals surface area contributed by atoms with E-state index in [1.807, 2.05) is 0 Å². The summed E-state index contributed by atoms with van der Waals surface area (Å²) in [5.74, 6) is 0. The van der Waals surface area contributed by atoms with Gasteiger partial charge in [0.05, 0.1) is 0 Å². The van der Waals surface area contributed by atoms with Gasteiger partial charge in [-0.1, -0.05) is 13.8 Å². The Morgan fingerprint density at radius 1 is 0.929 bits per heavy atom. The fourth-order valence-electron chi connectivity index (χ4n) is 0.911. The summed E-state index contributed by atoms with van der Waals surface area (Å²) < 4.78 is 0. The molecular weight excluding hydrogens is 202 g/mol. The number of hydrogen-bond acceptors (Lipinski definition) is 5. The molecule has 0 heterocycles. The van der Waals surface area contributed by atoms with E-state index in [0.29, 0.717) is 0 Å². The number of hydrogen-bond donors (Lipinski definition) is 5. The number of nitrogens with two attached hydrogens (primary N) is 2. The van der Waals surface area contributed by atoms with Crippen molar-refractivity contribution in [1.82, 2.24) is 16.0 Å². The van der Waals surface area contributed by atoms with Crippen molar-refractivity contribution < 1.29 is 0 Å². The highest BCUT2D eigenvalue weighted by Gasteiger charge is 2.04. The second kappa shape index (κ2) is 11.2. The quantitative estimate of drug-likeness (QED) is 0.359. The summed E-state index contributed by atoms with van der Waals surface area (Å²) in [5, 5.41) is 9.16. The predicted octanol–water partition coefficient (Wildman–Crippen LogP) is -0.518. The molecule has 2 unspecified atom stereocenters. The van der Waals surface area contributed by atoms with Crippen molar-refractivity contribution in [3.05, 3.63) is 0 Å². The minimum atomic E-state index is -0.237. The molecule has 0 aromatic rings. The molecule has 14 heavy (non-hydrogen) atoms. The van der Waals surface area contributed by atoms with Crippen LogP contribution in [0.5, 0.6) is 0 Å². The zero-order valence-electron chi connectivity index (χ0n) is 9.05. The first-order valence-corrected chi connectivity index (χ1v) is 4.94. The van der Waals surface area contributed by atoms with Gasteiger partial charge < -0.3 is 11.5 Å². The van der Waals surface area contributed by atoms with Gasteiger partial charge in [-0.15, -0.1) is 12.4 Å². The van der Waals surface area contributed by atoms with Crippen LogP contribution in [0.4, 0.5) is 0 Å². The lowest BCUT2D eigenvalue weighted by atomic mass is 10.5. The second-order valence-electron chi connectivity index (χ2n) is 3.03. The summed E-state index contributed by atoms with van der Waals surface area (Å²) >= 11 is 0. The third-order valence-electron chi connectivity index (χ3n) is 1.59. The van der Waals surface area contributed by atoms with Gasteiger partial charge in [0.1, 0.15) is 12.6 Å². The van der Waals surface area contributed by atoms with E-state index in [1.165, 1.54) is 0 Å². The molecule has 0 aliphatic heterocycles. The molecule has 0 saturated heterocycles. The van der Waals surface area contributed by atoms with Crippen LogP contribution in [0.25, 0.3) is 0 Å². The van der Waals surface area contributed by atoms with E-state index in [2.05, 4.69) is 29.8 Å². The van der Waals surface area contributed by atoms with Crippen LogP contribution >= 0.6 is 12.4 Å². The number of halogens is 1. The molecule has 6 heteroatoms. The maximum Gasteiger partial charge on any atom is 0.111 e. The third kappa shape index (κ3) is 10.2.